The van der Waals surface area contributed by atoms with Gasteiger partial charge in [-0.2, -0.15) is 0 Å². The van der Waals surface area contributed by atoms with Gasteiger partial charge in [0, 0.05) is 11.3 Å². The van der Waals surface area contributed by atoms with E-state index in [1.165, 1.54) is 7.11 Å². The largest absolute Gasteiger partial charge is 0.465 e. The molecule has 0 saturated heterocycles. The van der Waals surface area contributed by atoms with Crippen LogP contribution in [0.3, 0.4) is 0 Å². The zero-order valence-electron chi connectivity index (χ0n) is 11.3. The van der Waals surface area contributed by atoms with E-state index in [0.29, 0.717) is 16.8 Å². The van der Waals surface area contributed by atoms with Gasteiger partial charge in [-0.15, -0.1) is 0 Å². The number of hydrogen-bond acceptors (Lipinski definition) is 3. The van der Waals surface area contributed by atoms with E-state index in [0.717, 1.165) is 5.56 Å². The molecular formula is C16H15NO3. The average molecular weight is 269 g/mol. The van der Waals surface area contributed by atoms with E-state index in [1.54, 1.807) is 36.4 Å². The van der Waals surface area contributed by atoms with Gasteiger partial charge in [-0.05, 0) is 43.3 Å². The summed E-state index contributed by atoms with van der Waals surface area (Å²) in [5, 5.41) is 2.77. The summed E-state index contributed by atoms with van der Waals surface area (Å²) in [6.45, 7) is 1.97. The van der Waals surface area contributed by atoms with Crippen molar-refractivity contribution in [2.75, 3.05) is 12.4 Å². The molecular weight excluding hydrogens is 254 g/mol. The van der Waals surface area contributed by atoms with Crippen molar-refractivity contribution in [3.05, 3.63) is 65.2 Å². The molecule has 0 aliphatic carbocycles. The monoisotopic (exact) mass is 269 g/mol. The molecule has 2 aromatic rings. The van der Waals surface area contributed by atoms with E-state index in [4.69, 9.17) is 0 Å². The first kappa shape index (κ1) is 13.8. The molecule has 4 nitrogen and oxygen atoms in total. The lowest BCUT2D eigenvalue weighted by atomic mass is 10.1. The summed E-state index contributed by atoms with van der Waals surface area (Å²) in [6, 6.07) is 13.9. The fraction of sp³-hybridized carbons (Fsp3) is 0.125. The molecule has 0 spiro atoms. The first-order valence-electron chi connectivity index (χ1n) is 6.16. The highest BCUT2D eigenvalue weighted by atomic mass is 16.5. The second kappa shape index (κ2) is 6.02. The molecule has 102 valence electrons. The minimum absolute atomic E-state index is 0.184. The number of anilines is 1. The van der Waals surface area contributed by atoms with E-state index in [9.17, 15) is 9.59 Å². The number of amides is 1. The number of hydrogen-bond donors (Lipinski definition) is 1. The van der Waals surface area contributed by atoms with Gasteiger partial charge in [0.2, 0.25) is 0 Å². The highest BCUT2D eigenvalue weighted by Gasteiger charge is 2.07. The quantitative estimate of drug-likeness (QED) is 0.871. The Morgan fingerprint density at radius 1 is 0.900 bits per heavy atom. The molecule has 0 heterocycles. The summed E-state index contributed by atoms with van der Waals surface area (Å²) < 4.78 is 4.61. The fourth-order valence-electron chi connectivity index (χ4n) is 1.72. The number of carbonyl (C=O) groups excluding carboxylic acids is 2. The number of benzene rings is 2. The number of methoxy groups -OCH3 is 1. The predicted molar refractivity (Wildman–Crippen MR) is 76.9 cm³/mol. The van der Waals surface area contributed by atoms with Crippen LogP contribution in [0.15, 0.2) is 48.5 Å². The smallest absolute Gasteiger partial charge is 0.337 e. The van der Waals surface area contributed by atoms with E-state index < -0.39 is 5.97 Å². The maximum atomic E-state index is 12.0. The van der Waals surface area contributed by atoms with Gasteiger partial charge in [0.05, 0.1) is 12.7 Å². The fourth-order valence-corrected chi connectivity index (χ4v) is 1.72. The molecule has 0 bridgehead atoms. The topological polar surface area (TPSA) is 55.4 Å². The first-order chi connectivity index (χ1) is 9.60. The molecule has 1 N–H and O–H groups in total. The van der Waals surface area contributed by atoms with Crippen LogP contribution >= 0.6 is 0 Å². The molecule has 0 fully saturated rings. The molecule has 0 saturated carbocycles. The van der Waals surface area contributed by atoms with Crippen molar-refractivity contribution < 1.29 is 14.3 Å². The SMILES string of the molecule is COC(=O)c1ccc(NC(=O)c2ccc(C)cc2)cc1. The normalized spacial score (nSPS) is 9.90. The number of carbonyl (C=O) groups is 2. The van der Waals surface area contributed by atoms with Gasteiger partial charge in [-0.1, -0.05) is 17.7 Å². The van der Waals surface area contributed by atoms with Crippen LogP contribution in [0.25, 0.3) is 0 Å². The number of ether oxygens (including phenoxy) is 1. The van der Waals surface area contributed by atoms with Gasteiger partial charge in [0.1, 0.15) is 0 Å². The molecule has 0 atom stereocenters. The minimum atomic E-state index is -0.401. The Hall–Kier alpha value is -2.62. The van der Waals surface area contributed by atoms with Gasteiger partial charge in [-0.3, -0.25) is 4.79 Å². The Balaban J connectivity index is 2.08. The van der Waals surface area contributed by atoms with Gasteiger partial charge in [0.15, 0.2) is 0 Å². The molecule has 0 radical (unpaired) electrons. The van der Waals surface area contributed by atoms with E-state index in [2.05, 4.69) is 10.1 Å². The Bertz CT molecular complexity index is 615. The van der Waals surface area contributed by atoms with Crippen molar-refractivity contribution in [2.45, 2.75) is 6.92 Å². The lowest BCUT2D eigenvalue weighted by Gasteiger charge is -2.06. The van der Waals surface area contributed by atoms with E-state index >= 15 is 0 Å². The highest BCUT2D eigenvalue weighted by molar-refractivity contribution is 6.04. The summed E-state index contributed by atoms with van der Waals surface area (Å²) >= 11 is 0. The van der Waals surface area contributed by atoms with Gasteiger partial charge in [0.25, 0.3) is 5.91 Å². The molecule has 4 heteroatoms. The third kappa shape index (κ3) is 3.23. The van der Waals surface area contributed by atoms with Crippen molar-refractivity contribution in [2.24, 2.45) is 0 Å². The zero-order valence-corrected chi connectivity index (χ0v) is 11.3. The zero-order chi connectivity index (χ0) is 14.5. The average Bonchev–Trinajstić information content (AvgIpc) is 2.48. The molecule has 0 aliphatic rings. The number of rotatable bonds is 3. The summed E-state index contributed by atoms with van der Waals surface area (Å²) in [5.41, 5.74) is 2.76. The summed E-state index contributed by atoms with van der Waals surface area (Å²) in [4.78, 5) is 23.3. The molecule has 1 amide bonds. The van der Waals surface area contributed by atoms with Crippen LogP contribution in [-0.4, -0.2) is 19.0 Å². The Labute approximate surface area is 117 Å². The van der Waals surface area contributed by atoms with Crippen LogP contribution < -0.4 is 5.32 Å². The van der Waals surface area contributed by atoms with Crippen LogP contribution in [0.1, 0.15) is 26.3 Å². The van der Waals surface area contributed by atoms with E-state index in [-0.39, 0.29) is 5.91 Å². The maximum absolute atomic E-state index is 12.0. The van der Waals surface area contributed by atoms with Crippen molar-refractivity contribution in [3.8, 4) is 0 Å². The molecule has 2 aromatic carbocycles. The standard InChI is InChI=1S/C16H15NO3/c1-11-3-5-12(6-4-11)15(18)17-14-9-7-13(8-10-14)16(19)20-2/h3-10H,1-2H3,(H,17,18). The first-order valence-corrected chi connectivity index (χ1v) is 6.16. The number of esters is 1. The second-order valence-corrected chi connectivity index (χ2v) is 4.39. The van der Waals surface area contributed by atoms with Gasteiger partial charge < -0.3 is 10.1 Å². The van der Waals surface area contributed by atoms with Crippen molar-refractivity contribution in [1.82, 2.24) is 0 Å². The van der Waals surface area contributed by atoms with Crippen LogP contribution in [0.5, 0.6) is 0 Å². The Morgan fingerprint density at radius 3 is 2.00 bits per heavy atom. The van der Waals surface area contributed by atoms with Crippen LogP contribution in [-0.2, 0) is 4.74 Å². The molecule has 20 heavy (non-hydrogen) atoms. The third-order valence-electron chi connectivity index (χ3n) is 2.88. The Morgan fingerprint density at radius 2 is 1.45 bits per heavy atom. The lowest BCUT2D eigenvalue weighted by molar-refractivity contribution is 0.0600. The van der Waals surface area contributed by atoms with Crippen LogP contribution in [0, 0.1) is 6.92 Å². The van der Waals surface area contributed by atoms with Gasteiger partial charge in [-0.25, -0.2) is 4.79 Å². The summed E-state index contributed by atoms with van der Waals surface area (Å²) in [6.07, 6.45) is 0. The molecule has 2 rings (SSSR count). The maximum Gasteiger partial charge on any atom is 0.337 e. The second-order valence-electron chi connectivity index (χ2n) is 4.39. The van der Waals surface area contributed by atoms with Gasteiger partial charge >= 0.3 is 5.97 Å². The van der Waals surface area contributed by atoms with Crippen molar-refractivity contribution in [1.29, 1.82) is 0 Å². The third-order valence-corrected chi connectivity index (χ3v) is 2.88. The van der Waals surface area contributed by atoms with E-state index in [1.807, 2.05) is 19.1 Å². The van der Waals surface area contributed by atoms with Crippen molar-refractivity contribution in [3.63, 3.8) is 0 Å². The summed E-state index contributed by atoms with van der Waals surface area (Å²) in [7, 11) is 1.33. The van der Waals surface area contributed by atoms with Crippen LogP contribution in [0.2, 0.25) is 0 Å². The summed E-state index contributed by atoms with van der Waals surface area (Å²) in [5.74, 6) is -0.586. The van der Waals surface area contributed by atoms with Crippen molar-refractivity contribution >= 4 is 17.6 Å². The predicted octanol–water partition coefficient (Wildman–Crippen LogP) is 3.03. The molecule has 0 aromatic heterocycles. The Kier molecular flexibility index (Phi) is 4.15. The highest BCUT2D eigenvalue weighted by Crippen LogP contribution is 2.12. The molecule has 0 aliphatic heterocycles. The lowest BCUT2D eigenvalue weighted by Crippen LogP contribution is -2.12. The molecule has 0 unspecified atom stereocenters. The van der Waals surface area contributed by atoms with Crippen LogP contribution in [0.4, 0.5) is 5.69 Å². The number of nitrogens with one attached hydrogen (secondary N) is 1. The minimum Gasteiger partial charge on any atom is -0.465 e. The number of aryl methyl sites for hydroxylation is 1.